The molecule has 2 aromatic carbocycles. The summed E-state index contributed by atoms with van der Waals surface area (Å²) in [7, 11) is 0. The van der Waals surface area contributed by atoms with Gasteiger partial charge in [-0.3, -0.25) is 9.59 Å². The maximum Gasteiger partial charge on any atom is 0.416 e. The van der Waals surface area contributed by atoms with Gasteiger partial charge >= 0.3 is 6.18 Å². The summed E-state index contributed by atoms with van der Waals surface area (Å²) in [5.41, 5.74) is -0.0563. The van der Waals surface area contributed by atoms with Crippen LogP contribution in [-0.4, -0.2) is 34.2 Å². The molecule has 5 nitrogen and oxygen atoms in total. The van der Waals surface area contributed by atoms with E-state index in [0.29, 0.717) is 11.3 Å². The molecule has 0 spiro atoms. The average molecular weight is 474 g/mol. The average Bonchev–Trinajstić information content (AvgIpc) is 3.52. The van der Waals surface area contributed by atoms with Gasteiger partial charge in [-0.05, 0) is 66.9 Å². The number of rotatable bonds is 8. The van der Waals surface area contributed by atoms with Crippen LogP contribution in [0.15, 0.2) is 71.3 Å². The molecule has 34 heavy (non-hydrogen) atoms. The minimum absolute atomic E-state index is 0.0869. The standard InChI is InChI=1S/C25H22F4N2O3/c26-20-9-3-17(4-10-20)14-30(15-22-2-1-13-34-22)23(32)16-31(21-11-12-21)24(33)18-5-7-19(8-6-18)25(27,28)29/h1-10,13,21H,11-12,14-16H2. The lowest BCUT2D eigenvalue weighted by molar-refractivity contribution is -0.137. The Labute approximate surface area is 193 Å². The molecule has 0 bridgehead atoms. The summed E-state index contributed by atoms with van der Waals surface area (Å²) in [6.45, 7) is 0.0927. The Hall–Kier alpha value is -3.62. The van der Waals surface area contributed by atoms with E-state index in [-0.39, 0.29) is 37.1 Å². The first kappa shape index (κ1) is 23.5. The number of benzene rings is 2. The van der Waals surface area contributed by atoms with E-state index in [0.717, 1.165) is 37.1 Å². The van der Waals surface area contributed by atoms with Crippen molar-refractivity contribution in [2.45, 2.75) is 38.1 Å². The second-order valence-electron chi connectivity index (χ2n) is 8.19. The third-order valence-electron chi connectivity index (χ3n) is 5.58. The third kappa shape index (κ3) is 5.84. The Morgan fingerprint density at radius 2 is 1.62 bits per heavy atom. The van der Waals surface area contributed by atoms with E-state index in [4.69, 9.17) is 4.42 Å². The second-order valence-corrected chi connectivity index (χ2v) is 8.19. The summed E-state index contributed by atoms with van der Waals surface area (Å²) in [4.78, 5) is 29.3. The molecular weight excluding hydrogens is 452 g/mol. The fraction of sp³-hybridized carbons (Fsp3) is 0.280. The highest BCUT2D eigenvalue weighted by Gasteiger charge is 2.36. The van der Waals surface area contributed by atoms with Crippen molar-refractivity contribution >= 4 is 11.8 Å². The number of furan rings is 1. The minimum Gasteiger partial charge on any atom is -0.467 e. The zero-order valence-corrected chi connectivity index (χ0v) is 18.1. The smallest absolute Gasteiger partial charge is 0.416 e. The van der Waals surface area contributed by atoms with Gasteiger partial charge in [0.15, 0.2) is 0 Å². The van der Waals surface area contributed by atoms with Crippen molar-refractivity contribution in [1.82, 2.24) is 9.80 Å². The van der Waals surface area contributed by atoms with Gasteiger partial charge < -0.3 is 14.2 Å². The van der Waals surface area contributed by atoms with Crippen molar-refractivity contribution in [2.24, 2.45) is 0 Å². The van der Waals surface area contributed by atoms with Crippen LogP contribution in [0.3, 0.4) is 0 Å². The van der Waals surface area contributed by atoms with Crippen molar-refractivity contribution in [2.75, 3.05) is 6.54 Å². The topological polar surface area (TPSA) is 53.8 Å². The van der Waals surface area contributed by atoms with Gasteiger partial charge in [0.05, 0.1) is 18.4 Å². The van der Waals surface area contributed by atoms with E-state index in [1.165, 1.54) is 28.2 Å². The van der Waals surface area contributed by atoms with Crippen LogP contribution < -0.4 is 0 Å². The highest BCUT2D eigenvalue weighted by molar-refractivity contribution is 5.97. The summed E-state index contributed by atoms with van der Waals surface area (Å²) in [5, 5.41) is 0. The van der Waals surface area contributed by atoms with Crippen LogP contribution in [0, 0.1) is 5.82 Å². The van der Waals surface area contributed by atoms with E-state index in [1.807, 2.05) is 0 Å². The number of halogens is 4. The van der Waals surface area contributed by atoms with Crippen LogP contribution in [-0.2, 0) is 24.1 Å². The summed E-state index contributed by atoms with van der Waals surface area (Å²) in [6.07, 6.45) is -1.58. The molecule has 1 aliphatic carbocycles. The first-order chi connectivity index (χ1) is 16.2. The first-order valence-corrected chi connectivity index (χ1v) is 10.7. The molecular formula is C25H22F4N2O3. The molecule has 1 saturated carbocycles. The van der Waals surface area contributed by atoms with E-state index in [2.05, 4.69) is 0 Å². The van der Waals surface area contributed by atoms with Gasteiger partial charge in [-0.15, -0.1) is 0 Å². The molecule has 3 aromatic rings. The number of carbonyl (C=O) groups excluding carboxylic acids is 2. The molecule has 2 amide bonds. The summed E-state index contributed by atoms with van der Waals surface area (Å²) >= 11 is 0. The fourth-order valence-electron chi connectivity index (χ4n) is 3.60. The Morgan fingerprint density at radius 3 is 2.18 bits per heavy atom. The van der Waals surface area contributed by atoms with Gasteiger partial charge in [0, 0.05) is 18.2 Å². The molecule has 4 rings (SSSR count). The Bertz CT molecular complexity index is 1120. The quantitative estimate of drug-likeness (QED) is 0.418. The first-order valence-electron chi connectivity index (χ1n) is 10.7. The van der Waals surface area contributed by atoms with Crippen molar-refractivity contribution in [3.05, 3.63) is 95.2 Å². The maximum absolute atomic E-state index is 13.3. The van der Waals surface area contributed by atoms with E-state index >= 15 is 0 Å². The molecule has 0 radical (unpaired) electrons. The Balaban J connectivity index is 1.51. The van der Waals surface area contributed by atoms with Gasteiger partial charge in [-0.25, -0.2) is 4.39 Å². The third-order valence-corrected chi connectivity index (χ3v) is 5.58. The number of amides is 2. The van der Waals surface area contributed by atoms with Crippen LogP contribution in [0.25, 0.3) is 0 Å². The van der Waals surface area contributed by atoms with E-state index in [9.17, 15) is 27.2 Å². The highest BCUT2D eigenvalue weighted by atomic mass is 19.4. The number of hydrogen-bond acceptors (Lipinski definition) is 3. The molecule has 1 aromatic heterocycles. The summed E-state index contributed by atoms with van der Waals surface area (Å²) < 4.78 is 57.2. The van der Waals surface area contributed by atoms with Crippen molar-refractivity contribution in [3.63, 3.8) is 0 Å². The monoisotopic (exact) mass is 474 g/mol. The van der Waals surface area contributed by atoms with Crippen LogP contribution in [0.5, 0.6) is 0 Å². The van der Waals surface area contributed by atoms with Crippen molar-refractivity contribution in [3.8, 4) is 0 Å². The van der Waals surface area contributed by atoms with Gasteiger partial charge in [0.1, 0.15) is 18.1 Å². The van der Waals surface area contributed by atoms with Crippen LogP contribution in [0.4, 0.5) is 17.6 Å². The molecule has 0 unspecified atom stereocenters. The van der Waals surface area contributed by atoms with E-state index in [1.54, 1.807) is 24.3 Å². The molecule has 0 atom stereocenters. The lowest BCUT2D eigenvalue weighted by atomic mass is 10.1. The molecule has 1 aliphatic rings. The van der Waals surface area contributed by atoms with Gasteiger partial charge in [0.2, 0.25) is 5.91 Å². The zero-order valence-electron chi connectivity index (χ0n) is 18.1. The fourth-order valence-corrected chi connectivity index (χ4v) is 3.60. The molecule has 0 N–H and O–H groups in total. The Morgan fingerprint density at radius 1 is 0.941 bits per heavy atom. The van der Waals surface area contributed by atoms with Gasteiger partial charge in [-0.2, -0.15) is 13.2 Å². The second kappa shape index (κ2) is 9.70. The zero-order chi connectivity index (χ0) is 24.3. The number of nitrogens with zero attached hydrogens (tertiary/aromatic N) is 2. The summed E-state index contributed by atoms with van der Waals surface area (Å²) in [6, 6.07) is 13.0. The predicted octanol–water partition coefficient (Wildman–Crippen LogP) is 5.27. The highest BCUT2D eigenvalue weighted by Crippen LogP contribution is 2.31. The summed E-state index contributed by atoms with van der Waals surface area (Å²) in [5.74, 6) is -0.700. The van der Waals surface area contributed by atoms with Crippen LogP contribution in [0.1, 0.15) is 40.1 Å². The number of alkyl halides is 3. The predicted molar refractivity (Wildman–Crippen MR) is 115 cm³/mol. The van der Waals surface area contributed by atoms with E-state index < -0.39 is 23.5 Å². The molecule has 1 heterocycles. The van der Waals surface area contributed by atoms with Crippen molar-refractivity contribution < 1.29 is 31.6 Å². The van der Waals surface area contributed by atoms with Crippen LogP contribution >= 0.6 is 0 Å². The SMILES string of the molecule is O=C(CN(C(=O)c1ccc(C(F)(F)F)cc1)C1CC1)N(Cc1ccc(F)cc1)Cc1ccco1. The Kier molecular flexibility index (Phi) is 6.72. The largest absolute Gasteiger partial charge is 0.467 e. The number of carbonyl (C=O) groups is 2. The minimum atomic E-state index is -4.50. The normalized spacial score (nSPS) is 13.5. The molecule has 1 fully saturated rings. The molecule has 178 valence electrons. The van der Waals surface area contributed by atoms with Gasteiger partial charge in [0.25, 0.3) is 5.91 Å². The van der Waals surface area contributed by atoms with Crippen LogP contribution in [0.2, 0.25) is 0 Å². The number of hydrogen-bond donors (Lipinski definition) is 0. The molecule has 0 aliphatic heterocycles. The van der Waals surface area contributed by atoms with Gasteiger partial charge in [-0.1, -0.05) is 12.1 Å². The van der Waals surface area contributed by atoms with Crippen molar-refractivity contribution in [1.29, 1.82) is 0 Å². The lowest BCUT2D eigenvalue weighted by Crippen LogP contribution is -2.43. The molecule has 9 heteroatoms. The maximum atomic E-state index is 13.3. The molecule has 0 saturated heterocycles. The lowest BCUT2D eigenvalue weighted by Gasteiger charge is -2.27.